The zero-order valence-electron chi connectivity index (χ0n) is 13.4. The molecule has 2 heterocycles. The summed E-state index contributed by atoms with van der Waals surface area (Å²) >= 11 is 0. The van der Waals surface area contributed by atoms with E-state index < -0.39 is 11.4 Å². The van der Waals surface area contributed by atoms with Gasteiger partial charge in [0.05, 0.1) is 12.8 Å². The number of carbonyl (C=O) groups is 1. The number of hydrogen-bond acceptors (Lipinski definition) is 6. The summed E-state index contributed by atoms with van der Waals surface area (Å²) in [6.45, 7) is 3.32. The number of nitrogens with zero attached hydrogens (tertiary/aromatic N) is 2. The van der Waals surface area contributed by atoms with E-state index in [0.717, 1.165) is 32.2 Å². The number of anilines is 1. The highest BCUT2D eigenvalue weighted by atomic mass is 35.5. The van der Waals surface area contributed by atoms with Crippen molar-refractivity contribution in [2.75, 3.05) is 45.2 Å². The van der Waals surface area contributed by atoms with Gasteiger partial charge in [0.25, 0.3) is 0 Å². The molecule has 1 aliphatic heterocycles. The van der Waals surface area contributed by atoms with Crippen LogP contribution in [-0.4, -0.2) is 56.3 Å². The number of carboxylic acids is 1. The summed E-state index contributed by atoms with van der Waals surface area (Å²) in [5.74, 6) is -1.26. The van der Waals surface area contributed by atoms with Crippen LogP contribution in [0.1, 0.15) is 10.6 Å². The molecule has 1 aromatic heterocycles. The van der Waals surface area contributed by atoms with Crippen LogP contribution in [0.5, 0.6) is 5.75 Å². The zero-order chi connectivity index (χ0) is 16.6. The normalized spacial score (nSPS) is 15.2. The van der Waals surface area contributed by atoms with Crippen molar-refractivity contribution in [1.29, 1.82) is 0 Å². The summed E-state index contributed by atoms with van der Waals surface area (Å²) in [7, 11) is 3.51. The van der Waals surface area contributed by atoms with Gasteiger partial charge in [-0.05, 0) is 19.2 Å². The van der Waals surface area contributed by atoms with Crippen LogP contribution in [0.3, 0.4) is 0 Å². The maximum atomic E-state index is 12.3. The van der Waals surface area contributed by atoms with Gasteiger partial charge in [-0.3, -0.25) is 4.79 Å². The van der Waals surface area contributed by atoms with E-state index in [1.54, 1.807) is 12.1 Å². The van der Waals surface area contributed by atoms with Crippen LogP contribution in [0.15, 0.2) is 27.4 Å². The van der Waals surface area contributed by atoms with Crippen LogP contribution in [0.4, 0.5) is 5.69 Å². The van der Waals surface area contributed by atoms with Crippen molar-refractivity contribution in [1.82, 2.24) is 4.90 Å². The Morgan fingerprint density at radius 2 is 1.92 bits per heavy atom. The molecule has 7 nitrogen and oxygen atoms in total. The molecule has 0 atom stereocenters. The Kier molecular flexibility index (Phi) is 5.36. The van der Waals surface area contributed by atoms with Gasteiger partial charge in [0.15, 0.2) is 11.0 Å². The quantitative estimate of drug-likeness (QED) is 0.897. The lowest BCUT2D eigenvalue weighted by molar-refractivity contribution is 0.0663. The molecule has 1 aliphatic rings. The monoisotopic (exact) mass is 354 g/mol. The van der Waals surface area contributed by atoms with Crippen molar-refractivity contribution in [2.45, 2.75) is 0 Å². The fourth-order valence-electron chi connectivity index (χ4n) is 2.79. The first-order valence-electron chi connectivity index (χ1n) is 7.33. The van der Waals surface area contributed by atoms with Crippen LogP contribution < -0.4 is 15.1 Å². The topological polar surface area (TPSA) is 83.2 Å². The number of hydrogen-bond donors (Lipinski definition) is 1. The summed E-state index contributed by atoms with van der Waals surface area (Å²) in [6, 6.07) is 4.51. The molecule has 3 rings (SSSR count). The number of benzene rings is 1. The number of ether oxygens (including phenoxy) is 1. The van der Waals surface area contributed by atoms with E-state index in [0.29, 0.717) is 11.4 Å². The zero-order valence-corrected chi connectivity index (χ0v) is 14.3. The summed E-state index contributed by atoms with van der Waals surface area (Å²) < 4.78 is 10.8. The van der Waals surface area contributed by atoms with Gasteiger partial charge < -0.3 is 24.1 Å². The van der Waals surface area contributed by atoms with Gasteiger partial charge in [-0.25, -0.2) is 4.79 Å². The number of fused-ring (bicyclic) bond motifs is 1. The Morgan fingerprint density at radius 3 is 2.50 bits per heavy atom. The Morgan fingerprint density at radius 1 is 1.25 bits per heavy atom. The predicted octanol–water partition coefficient (Wildman–Crippen LogP) is 1.67. The van der Waals surface area contributed by atoms with Crippen LogP contribution in [-0.2, 0) is 0 Å². The highest BCUT2D eigenvalue weighted by Crippen LogP contribution is 2.32. The standard InChI is InChI=1S/C16H18N2O5.ClH/c1-17-5-7-18(8-6-17)10-3-4-12(22-2)14-11(19)9-13(16(20)21)23-15(10)14;/h3-4,9H,5-8H2,1-2H3,(H,20,21);1H. The van der Waals surface area contributed by atoms with E-state index in [1.165, 1.54) is 7.11 Å². The molecular weight excluding hydrogens is 336 g/mol. The summed E-state index contributed by atoms with van der Waals surface area (Å²) in [5.41, 5.74) is 0.560. The van der Waals surface area contributed by atoms with Crippen LogP contribution in [0.2, 0.25) is 0 Å². The fraction of sp³-hybridized carbons (Fsp3) is 0.375. The molecule has 0 unspecified atom stereocenters. The second kappa shape index (κ2) is 7.11. The fourth-order valence-corrected chi connectivity index (χ4v) is 2.79. The maximum Gasteiger partial charge on any atom is 0.371 e. The Labute approximate surface area is 144 Å². The van der Waals surface area contributed by atoms with Crippen LogP contribution >= 0.6 is 12.4 Å². The molecule has 1 fully saturated rings. The van der Waals surface area contributed by atoms with Crippen LogP contribution in [0.25, 0.3) is 11.0 Å². The third-order valence-corrected chi connectivity index (χ3v) is 4.09. The number of piperazine rings is 1. The highest BCUT2D eigenvalue weighted by molar-refractivity contribution is 5.96. The number of aromatic carboxylic acids is 1. The first-order valence-corrected chi connectivity index (χ1v) is 7.33. The van der Waals surface area contributed by atoms with Crippen molar-refractivity contribution in [2.24, 2.45) is 0 Å². The molecule has 8 heteroatoms. The van der Waals surface area contributed by atoms with E-state index in [4.69, 9.17) is 14.3 Å². The van der Waals surface area contributed by atoms with Gasteiger partial charge in [0, 0.05) is 32.2 Å². The van der Waals surface area contributed by atoms with E-state index >= 15 is 0 Å². The minimum absolute atomic E-state index is 0. The molecule has 2 aromatic rings. The van der Waals surface area contributed by atoms with Crippen molar-refractivity contribution in [3.63, 3.8) is 0 Å². The minimum Gasteiger partial charge on any atom is -0.496 e. The molecule has 24 heavy (non-hydrogen) atoms. The molecule has 130 valence electrons. The van der Waals surface area contributed by atoms with E-state index in [9.17, 15) is 9.59 Å². The average molecular weight is 355 g/mol. The largest absolute Gasteiger partial charge is 0.496 e. The number of likely N-dealkylation sites (N-methyl/N-ethyl adjacent to an activating group) is 1. The summed E-state index contributed by atoms with van der Waals surface area (Å²) in [6.07, 6.45) is 0. The Hall–Kier alpha value is -2.25. The first kappa shape index (κ1) is 18.1. The van der Waals surface area contributed by atoms with E-state index in [2.05, 4.69) is 9.80 Å². The Balaban J connectivity index is 0.00000208. The van der Waals surface area contributed by atoms with Gasteiger partial charge in [-0.2, -0.15) is 0 Å². The molecule has 1 aromatic carbocycles. The average Bonchev–Trinajstić information content (AvgIpc) is 2.54. The lowest BCUT2D eigenvalue weighted by Gasteiger charge is -2.34. The molecule has 1 N–H and O–H groups in total. The highest BCUT2D eigenvalue weighted by Gasteiger charge is 2.22. The third kappa shape index (κ3) is 3.18. The molecule has 0 bridgehead atoms. The second-order valence-corrected chi connectivity index (χ2v) is 5.56. The van der Waals surface area contributed by atoms with Gasteiger partial charge in [0.1, 0.15) is 11.1 Å². The van der Waals surface area contributed by atoms with Gasteiger partial charge in [-0.15, -0.1) is 12.4 Å². The summed E-state index contributed by atoms with van der Waals surface area (Å²) in [4.78, 5) is 27.8. The van der Waals surface area contributed by atoms with Crippen molar-refractivity contribution < 1.29 is 19.1 Å². The predicted molar refractivity (Wildman–Crippen MR) is 93.0 cm³/mol. The van der Waals surface area contributed by atoms with Gasteiger partial charge in [-0.1, -0.05) is 0 Å². The molecule has 1 saturated heterocycles. The van der Waals surface area contributed by atoms with Crippen molar-refractivity contribution >= 4 is 35.0 Å². The number of rotatable bonds is 3. The van der Waals surface area contributed by atoms with Crippen LogP contribution in [0, 0.1) is 0 Å². The molecule has 0 aliphatic carbocycles. The minimum atomic E-state index is -1.27. The van der Waals surface area contributed by atoms with Gasteiger partial charge >= 0.3 is 5.97 Å². The molecule has 0 radical (unpaired) electrons. The van der Waals surface area contributed by atoms with Crippen molar-refractivity contribution in [3.05, 3.63) is 34.2 Å². The SMILES string of the molecule is COc1ccc(N2CCN(C)CC2)c2oc(C(=O)O)cc(=O)c12.Cl. The van der Waals surface area contributed by atoms with Crippen molar-refractivity contribution in [3.8, 4) is 5.75 Å². The lowest BCUT2D eigenvalue weighted by Crippen LogP contribution is -2.44. The van der Waals surface area contributed by atoms with Gasteiger partial charge in [0.2, 0.25) is 5.76 Å². The van der Waals surface area contributed by atoms with E-state index in [1.807, 2.05) is 7.05 Å². The lowest BCUT2D eigenvalue weighted by atomic mass is 10.1. The molecule has 0 saturated carbocycles. The second-order valence-electron chi connectivity index (χ2n) is 5.56. The molecule has 0 spiro atoms. The van der Waals surface area contributed by atoms with E-state index in [-0.39, 0.29) is 29.1 Å². The maximum absolute atomic E-state index is 12.3. The number of halogens is 1. The number of carboxylic acid groups (broad SMARTS) is 1. The third-order valence-electron chi connectivity index (χ3n) is 4.09. The first-order chi connectivity index (χ1) is 11.0. The number of methoxy groups -OCH3 is 1. The smallest absolute Gasteiger partial charge is 0.371 e. The Bertz CT molecular complexity index is 812. The molecule has 0 amide bonds. The molecular formula is C16H19ClN2O5. The summed E-state index contributed by atoms with van der Waals surface area (Å²) in [5, 5.41) is 9.42.